The van der Waals surface area contributed by atoms with Crippen LogP contribution in [0.5, 0.6) is 0 Å². The molecule has 172 valence electrons. The lowest BCUT2D eigenvalue weighted by Gasteiger charge is -2.19. The van der Waals surface area contributed by atoms with Crippen molar-refractivity contribution in [3.63, 3.8) is 0 Å². The molecule has 32 heavy (non-hydrogen) atoms. The fourth-order valence-electron chi connectivity index (χ4n) is 5.60. The van der Waals surface area contributed by atoms with Crippen molar-refractivity contribution in [3.8, 4) is 0 Å². The molecule has 2 bridgehead atoms. The number of fused-ring (bicyclic) bond motifs is 5. The van der Waals surface area contributed by atoms with Crippen molar-refractivity contribution < 1.29 is 14.0 Å². The number of likely N-dealkylation sites (tertiary alicyclic amines) is 1. The molecule has 8 heteroatoms. The highest BCUT2D eigenvalue weighted by molar-refractivity contribution is 14.0. The Labute approximate surface area is 205 Å². The van der Waals surface area contributed by atoms with E-state index in [1.807, 2.05) is 19.1 Å². The molecule has 1 aromatic rings. The van der Waals surface area contributed by atoms with Gasteiger partial charge >= 0.3 is 0 Å². The molecule has 6 nitrogen and oxygen atoms in total. The summed E-state index contributed by atoms with van der Waals surface area (Å²) in [6.45, 7) is 3.97. The van der Waals surface area contributed by atoms with E-state index in [1.165, 1.54) is 11.0 Å². The van der Waals surface area contributed by atoms with E-state index in [4.69, 9.17) is 0 Å². The van der Waals surface area contributed by atoms with Crippen molar-refractivity contribution in [1.29, 1.82) is 0 Å². The van der Waals surface area contributed by atoms with Crippen LogP contribution in [-0.4, -0.2) is 48.9 Å². The van der Waals surface area contributed by atoms with Crippen LogP contribution in [0.1, 0.15) is 31.7 Å². The number of hydrogen-bond acceptors (Lipinski definition) is 3. The van der Waals surface area contributed by atoms with Gasteiger partial charge in [-0.1, -0.05) is 30.4 Å². The minimum atomic E-state index is -0.224. The van der Waals surface area contributed by atoms with Crippen LogP contribution >= 0.6 is 24.0 Å². The van der Waals surface area contributed by atoms with Gasteiger partial charge in [0.2, 0.25) is 11.8 Å². The second kappa shape index (κ2) is 9.11. The van der Waals surface area contributed by atoms with Gasteiger partial charge in [0.1, 0.15) is 5.82 Å². The number of nitrogens with one attached hydrogen (secondary N) is 2. The smallest absolute Gasteiger partial charge is 0.233 e. The van der Waals surface area contributed by atoms with E-state index in [0.29, 0.717) is 32.1 Å². The molecule has 4 aliphatic rings. The summed E-state index contributed by atoms with van der Waals surface area (Å²) in [5.41, 5.74) is 0.510. The molecule has 1 aromatic carbocycles. The number of aliphatic imine (C=N–C) groups is 1. The zero-order valence-corrected chi connectivity index (χ0v) is 20.6. The third-order valence-electron chi connectivity index (χ3n) is 7.37. The van der Waals surface area contributed by atoms with Gasteiger partial charge in [0.25, 0.3) is 0 Å². The van der Waals surface area contributed by atoms with E-state index >= 15 is 0 Å². The Morgan fingerprint density at radius 2 is 1.78 bits per heavy atom. The number of allylic oxidation sites excluding steroid dienone is 2. The normalized spacial score (nSPS) is 29.2. The van der Waals surface area contributed by atoms with E-state index in [-0.39, 0.29) is 70.7 Å². The molecule has 2 saturated carbocycles. The van der Waals surface area contributed by atoms with Crippen molar-refractivity contribution in [2.75, 3.05) is 26.2 Å². The van der Waals surface area contributed by atoms with E-state index in [2.05, 4.69) is 27.8 Å². The molecule has 4 atom stereocenters. The van der Waals surface area contributed by atoms with Crippen LogP contribution in [0.25, 0.3) is 0 Å². The number of nitrogens with zero attached hydrogens (tertiary/aromatic N) is 2. The number of imide groups is 1. The molecule has 0 aromatic heterocycles. The third-order valence-corrected chi connectivity index (χ3v) is 7.37. The number of carbonyl (C=O) groups is 2. The van der Waals surface area contributed by atoms with Gasteiger partial charge in [-0.2, -0.15) is 0 Å². The van der Waals surface area contributed by atoms with Crippen LogP contribution in [0, 0.1) is 29.5 Å². The number of amides is 2. The minimum Gasteiger partial charge on any atom is -0.357 e. The molecule has 0 radical (unpaired) electrons. The highest BCUT2D eigenvalue weighted by Crippen LogP contribution is 2.52. The summed E-state index contributed by atoms with van der Waals surface area (Å²) in [6, 6.07) is 6.93. The van der Waals surface area contributed by atoms with Crippen molar-refractivity contribution in [2.45, 2.75) is 31.6 Å². The Kier molecular flexibility index (Phi) is 6.61. The maximum atomic E-state index is 14.2. The molecule has 5 rings (SSSR count). The van der Waals surface area contributed by atoms with Crippen LogP contribution in [0.4, 0.5) is 4.39 Å². The summed E-state index contributed by atoms with van der Waals surface area (Å²) in [6.07, 6.45) is 7.01. The molecule has 1 saturated heterocycles. The predicted octanol–water partition coefficient (Wildman–Crippen LogP) is 2.84. The SMILES string of the molecule is CCNC(=NCC1(c2ccccc2F)CC1)NCCN1C(=O)C2C3C=CC(C3)C2C1=O.I. The van der Waals surface area contributed by atoms with Gasteiger partial charge in [-0.05, 0) is 49.7 Å². The monoisotopic (exact) mass is 552 g/mol. The molecule has 0 spiro atoms. The molecule has 2 N–H and O–H groups in total. The van der Waals surface area contributed by atoms with Gasteiger partial charge in [-0.15, -0.1) is 24.0 Å². The lowest BCUT2D eigenvalue weighted by molar-refractivity contribution is -0.140. The van der Waals surface area contributed by atoms with Gasteiger partial charge in [-0.25, -0.2) is 4.39 Å². The molecule has 3 fully saturated rings. The number of hydrogen-bond donors (Lipinski definition) is 2. The second-order valence-electron chi connectivity index (χ2n) is 9.21. The Morgan fingerprint density at radius 1 is 1.12 bits per heavy atom. The number of halogens is 2. The van der Waals surface area contributed by atoms with Crippen LogP contribution in [-0.2, 0) is 15.0 Å². The van der Waals surface area contributed by atoms with Gasteiger partial charge in [0.05, 0.1) is 18.4 Å². The minimum absolute atomic E-state index is 0. The molecule has 1 heterocycles. The molecule has 1 aliphatic heterocycles. The summed E-state index contributed by atoms with van der Waals surface area (Å²) in [5.74, 6) is 0.575. The number of rotatable bonds is 7. The zero-order valence-electron chi connectivity index (χ0n) is 18.2. The lowest BCUT2D eigenvalue weighted by Crippen LogP contribution is -2.44. The quantitative estimate of drug-likeness (QED) is 0.180. The highest BCUT2D eigenvalue weighted by atomic mass is 127. The fourth-order valence-corrected chi connectivity index (χ4v) is 5.60. The first-order valence-corrected chi connectivity index (χ1v) is 11.3. The van der Waals surface area contributed by atoms with Gasteiger partial charge in [0, 0.05) is 25.0 Å². The largest absolute Gasteiger partial charge is 0.357 e. The first kappa shape index (κ1) is 23.2. The van der Waals surface area contributed by atoms with Crippen molar-refractivity contribution in [2.24, 2.45) is 28.7 Å². The third kappa shape index (κ3) is 3.95. The van der Waals surface area contributed by atoms with E-state index < -0.39 is 0 Å². The van der Waals surface area contributed by atoms with Gasteiger partial charge < -0.3 is 10.6 Å². The average molecular weight is 552 g/mol. The van der Waals surface area contributed by atoms with Crippen molar-refractivity contribution >= 4 is 41.8 Å². The second-order valence-corrected chi connectivity index (χ2v) is 9.21. The summed E-state index contributed by atoms with van der Waals surface area (Å²) < 4.78 is 14.2. The summed E-state index contributed by atoms with van der Waals surface area (Å²) in [5, 5.41) is 6.45. The Morgan fingerprint density at radius 3 is 2.38 bits per heavy atom. The lowest BCUT2D eigenvalue weighted by atomic mass is 9.85. The number of guanidine groups is 1. The van der Waals surface area contributed by atoms with E-state index in [9.17, 15) is 14.0 Å². The van der Waals surface area contributed by atoms with Crippen LogP contribution in [0.2, 0.25) is 0 Å². The maximum Gasteiger partial charge on any atom is 0.233 e. The van der Waals surface area contributed by atoms with E-state index in [0.717, 1.165) is 24.8 Å². The van der Waals surface area contributed by atoms with Crippen molar-refractivity contribution in [3.05, 3.63) is 47.8 Å². The van der Waals surface area contributed by atoms with Gasteiger partial charge in [0.15, 0.2) is 5.96 Å². The first-order valence-electron chi connectivity index (χ1n) is 11.3. The number of benzene rings is 1. The van der Waals surface area contributed by atoms with Crippen LogP contribution in [0.15, 0.2) is 41.4 Å². The average Bonchev–Trinajstić information content (AvgIpc) is 3.14. The molecular weight excluding hydrogens is 522 g/mol. The fraction of sp³-hybridized carbons (Fsp3) is 0.542. The Bertz CT molecular complexity index is 931. The Hall–Kier alpha value is -1.97. The predicted molar refractivity (Wildman–Crippen MR) is 131 cm³/mol. The number of carbonyl (C=O) groups excluding carboxylic acids is 2. The zero-order chi connectivity index (χ0) is 21.6. The summed E-state index contributed by atoms with van der Waals surface area (Å²) in [4.78, 5) is 31.7. The molecule has 2 amide bonds. The van der Waals surface area contributed by atoms with E-state index in [1.54, 1.807) is 6.07 Å². The highest BCUT2D eigenvalue weighted by Gasteiger charge is 2.59. The van der Waals surface area contributed by atoms with Gasteiger partial charge in [-0.3, -0.25) is 19.5 Å². The Balaban J connectivity index is 0.00000245. The summed E-state index contributed by atoms with van der Waals surface area (Å²) >= 11 is 0. The van der Waals surface area contributed by atoms with Crippen LogP contribution < -0.4 is 10.6 Å². The molecule has 4 unspecified atom stereocenters. The van der Waals surface area contributed by atoms with Crippen molar-refractivity contribution in [1.82, 2.24) is 15.5 Å². The van der Waals surface area contributed by atoms with Crippen LogP contribution in [0.3, 0.4) is 0 Å². The first-order chi connectivity index (χ1) is 15.0. The standard InChI is InChI=1S/C24H29FN4O2.HI/c1-2-26-23(28-14-24(9-10-24)17-5-3-4-6-18(17)25)27-11-12-29-21(30)19-15-7-8-16(13-15)20(19)22(29)31;/h3-8,15-16,19-20H,2,9-14H2,1H3,(H2,26,27,28);1H. The maximum absolute atomic E-state index is 14.2. The topological polar surface area (TPSA) is 73.8 Å². The molecule has 3 aliphatic carbocycles. The molecular formula is C24H30FIN4O2. The summed E-state index contributed by atoms with van der Waals surface area (Å²) in [7, 11) is 0.